The molecule has 0 heterocycles. The van der Waals surface area contributed by atoms with Crippen LogP contribution in [0.2, 0.25) is 0 Å². The van der Waals surface area contributed by atoms with E-state index in [-0.39, 0.29) is 15.4 Å². The minimum atomic E-state index is -0.320. The Morgan fingerprint density at radius 2 is 1.78 bits per heavy atom. The SMILES string of the molecule is COC(OC)[SiH2]C(C)S. The standard InChI is InChI=1S/C5H14O2SSi/c1-4(8)9-5(6-2)7-3/h4-5,8H,9H2,1-3H3. The number of thiol groups is 1. The second-order valence-electron chi connectivity index (χ2n) is 1.99. The monoisotopic (exact) mass is 166 g/mol. The second-order valence-corrected chi connectivity index (χ2v) is 5.92. The van der Waals surface area contributed by atoms with Crippen molar-refractivity contribution in [1.82, 2.24) is 0 Å². The zero-order valence-electron chi connectivity index (χ0n) is 6.13. The largest absolute Gasteiger partial charge is 0.360 e. The van der Waals surface area contributed by atoms with Gasteiger partial charge in [0.1, 0.15) is 15.4 Å². The van der Waals surface area contributed by atoms with Crippen LogP contribution in [-0.4, -0.2) is 34.5 Å². The predicted molar refractivity (Wildman–Crippen MR) is 44.8 cm³/mol. The molecule has 9 heavy (non-hydrogen) atoms. The first-order valence-electron chi connectivity index (χ1n) is 2.94. The number of ether oxygens (including phenoxy) is 2. The fourth-order valence-electron chi connectivity index (χ4n) is 0.567. The lowest BCUT2D eigenvalue weighted by atomic mass is 11.0. The third-order valence-corrected chi connectivity index (χ3v) is 3.43. The molecule has 2 nitrogen and oxygen atoms in total. The van der Waals surface area contributed by atoms with Gasteiger partial charge in [-0.05, 0) is 4.87 Å². The topological polar surface area (TPSA) is 18.5 Å². The molecule has 1 atom stereocenters. The van der Waals surface area contributed by atoms with Gasteiger partial charge in [0.25, 0.3) is 0 Å². The van der Waals surface area contributed by atoms with Gasteiger partial charge in [0.2, 0.25) is 0 Å². The normalized spacial score (nSPS) is 15.7. The molecule has 0 rings (SSSR count). The van der Waals surface area contributed by atoms with Gasteiger partial charge in [0.15, 0.2) is 0 Å². The third kappa shape index (κ3) is 4.96. The highest BCUT2D eigenvalue weighted by atomic mass is 32.1. The van der Waals surface area contributed by atoms with Crippen molar-refractivity contribution < 1.29 is 9.47 Å². The van der Waals surface area contributed by atoms with Crippen molar-refractivity contribution in [2.24, 2.45) is 0 Å². The zero-order valence-corrected chi connectivity index (χ0v) is 8.43. The number of methoxy groups -OCH3 is 2. The lowest BCUT2D eigenvalue weighted by Gasteiger charge is -2.13. The molecule has 0 aromatic rings. The van der Waals surface area contributed by atoms with Gasteiger partial charge < -0.3 is 9.47 Å². The molecule has 0 aromatic heterocycles. The maximum atomic E-state index is 5.00. The van der Waals surface area contributed by atoms with E-state index in [0.717, 1.165) is 0 Å². The molecule has 0 saturated carbocycles. The summed E-state index contributed by atoms with van der Waals surface area (Å²) in [5, 5.41) is 0. The number of hydrogen-bond donors (Lipinski definition) is 1. The summed E-state index contributed by atoms with van der Waals surface area (Å²) in [7, 11) is 3.01. The van der Waals surface area contributed by atoms with Crippen molar-refractivity contribution in [3.8, 4) is 0 Å². The van der Waals surface area contributed by atoms with E-state index in [0.29, 0.717) is 4.87 Å². The van der Waals surface area contributed by atoms with Crippen molar-refractivity contribution in [1.29, 1.82) is 0 Å². The summed E-state index contributed by atoms with van der Waals surface area (Å²) >= 11 is 4.25. The van der Waals surface area contributed by atoms with Gasteiger partial charge >= 0.3 is 0 Å². The van der Waals surface area contributed by atoms with Crippen molar-refractivity contribution in [3.63, 3.8) is 0 Å². The first kappa shape index (κ1) is 9.49. The van der Waals surface area contributed by atoms with Gasteiger partial charge in [0.05, 0.1) is 0 Å². The van der Waals surface area contributed by atoms with Gasteiger partial charge in [-0.3, -0.25) is 0 Å². The Morgan fingerprint density at radius 1 is 1.33 bits per heavy atom. The molecule has 0 fully saturated rings. The van der Waals surface area contributed by atoms with Crippen LogP contribution in [0.5, 0.6) is 0 Å². The summed E-state index contributed by atoms with van der Waals surface area (Å²) in [5.74, 6) is 0.0394. The van der Waals surface area contributed by atoms with Crippen LogP contribution >= 0.6 is 12.6 Å². The van der Waals surface area contributed by atoms with E-state index in [1.165, 1.54) is 0 Å². The molecule has 0 aliphatic carbocycles. The molecule has 0 saturated heterocycles. The van der Waals surface area contributed by atoms with Crippen LogP contribution in [-0.2, 0) is 9.47 Å². The third-order valence-electron chi connectivity index (χ3n) is 1.06. The summed E-state index contributed by atoms with van der Waals surface area (Å²) in [5.41, 5.74) is 0. The predicted octanol–water partition coefficient (Wildman–Crippen LogP) is 0.00740. The Kier molecular flexibility index (Phi) is 5.57. The van der Waals surface area contributed by atoms with E-state index in [9.17, 15) is 0 Å². The van der Waals surface area contributed by atoms with Gasteiger partial charge in [-0.1, -0.05) is 6.92 Å². The van der Waals surface area contributed by atoms with Gasteiger partial charge in [0, 0.05) is 14.2 Å². The highest BCUT2D eigenvalue weighted by molar-refractivity contribution is 7.82. The summed E-state index contributed by atoms with van der Waals surface area (Å²) in [6, 6.07) is 0. The minimum Gasteiger partial charge on any atom is -0.360 e. The first-order chi connectivity index (χ1) is 4.20. The molecule has 4 heteroatoms. The van der Waals surface area contributed by atoms with Crippen LogP contribution in [0.25, 0.3) is 0 Å². The molecule has 1 unspecified atom stereocenters. The van der Waals surface area contributed by atoms with E-state index in [2.05, 4.69) is 19.6 Å². The first-order valence-corrected chi connectivity index (χ1v) is 5.09. The zero-order chi connectivity index (χ0) is 7.28. The Bertz CT molecular complexity index is 66.0. The lowest BCUT2D eigenvalue weighted by molar-refractivity contribution is -0.0441. The van der Waals surface area contributed by atoms with E-state index in [1.807, 2.05) is 0 Å². The van der Waals surface area contributed by atoms with Crippen molar-refractivity contribution in [2.75, 3.05) is 14.2 Å². The molecule has 0 bridgehead atoms. The molecular weight excluding hydrogens is 152 g/mol. The summed E-state index contributed by atoms with van der Waals surface area (Å²) in [6.07, 6.45) is 0. The Hall–Kier alpha value is 0.487. The quantitative estimate of drug-likeness (QED) is 0.360. The van der Waals surface area contributed by atoms with Crippen molar-refractivity contribution in [2.45, 2.75) is 17.7 Å². The van der Waals surface area contributed by atoms with Crippen LogP contribution in [0.4, 0.5) is 0 Å². The van der Waals surface area contributed by atoms with Crippen LogP contribution in [0.1, 0.15) is 6.92 Å². The molecule has 0 spiro atoms. The van der Waals surface area contributed by atoms with Crippen LogP contribution in [0.15, 0.2) is 0 Å². The van der Waals surface area contributed by atoms with Crippen molar-refractivity contribution >= 4 is 22.1 Å². The smallest absolute Gasteiger partial charge is 0.135 e. The fraction of sp³-hybridized carbons (Fsp3) is 1.00. The highest BCUT2D eigenvalue weighted by Crippen LogP contribution is 1.96. The maximum absolute atomic E-state index is 5.00. The van der Waals surface area contributed by atoms with Crippen LogP contribution < -0.4 is 0 Å². The van der Waals surface area contributed by atoms with Crippen LogP contribution in [0, 0.1) is 0 Å². The van der Waals surface area contributed by atoms with E-state index < -0.39 is 0 Å². The second kappa shape index (κ2) is 5.29. The van der Waals surface area contributed by atoms with Crippen LogP contribution in [0.3, 0.4) is 0 Å². The highest BCUT2D eigenvalue weighted by Gasteiger charge is 2.07. The van der Waals surface area contributed by atoms with Gasteiger partial charge in [-0.15, -0.1) is 0 Å². The molecule has 56 valence electrons. The molecule has 0 aromatic carbocycles. The Labute approximate surface area is 64.2 Å². The molecule has 0 radical (unpaired) electrons. The van der Waals surface area contributed by atoms with Gasteiger partial charge in [-0.2, -0.15) is 12.6 Å². The molecular formula is C5H14O2SSi. The summed E-state index contributed by atoms with van der Waals surface area (Å²) in [4.78, 5) is 0.467. The number of hydrogen-bond acceptors (Lipinski definition) is 3. The Balaban J connectivity index is 3.31. The summed E-state index contributed by atoms with van der Waals surface area (Å²) in [6.45, 7) is 2.07. The van der Waals surface area contributed by atoms with Gasteiger partial charge in [-0.25, -0.2) is 0 Å². The van der Waals surface area contributed by atoms with E-state index in [4.69, 9.17) is 9.47 Å². The minimum absolute atomic E-state index is 0.0394. The van der Waals surface area contributed by atoms with E-state index >= 15 is 0 Å². The average molecular weight is 166 g/mol. The lowest BCUT2D eigenvalue weighted by Crippen LogP contribution is -2.27. The Morgan fingerprint density at radius 3 is 1.89 bits per heavy atom. The molecule has 0 N–H and O–H groups in total. The maximum Gasteiger partial charge on any atom is 0.135 e. The number of rotatable bonds is 4. The molecule has 0 amide bonds. The van der Waals surface area contributed by atoms with E-state index in [1.54, 1.807) is 14.2 Å². The average Bonchev–Trinajstić information content (AvgIpc) is 1.82. The molecule has 0 aliphatic heterocycles. The molecule has 0 aliphatic rings. The fourth-order valence-corrected chi connectivity index (χ4v) is 2.03. The van der Waals surface area contributed by atoms with Crippen molar-refractivity contribution in [3.05, 3.63) is 0 Å². The summed E-state index contributed by atoms with van der Waals surface area (Å²) < 4.78 is 10.0.